The Morgan fingerprint density at radius 1 is 1.42 bits per heavy atom. The summed E-state index contributed by atoms with van der Waals surface area (Å²) in [6, 6.07) is 5.78. The number of pyridine rings is 1. The van der Waals surface area contributed by atoms with Crippen molar-refractivity contribution in [1.82, 2.24) is 10.3 Å². The minimum absolute atomic E-state index is 0.204. The Labute approximate surface area is 162 Å². The molecule has 7 heteroatoms. The van der Waals surface area contributed by atoms with Crippen LogP contribution in [0.25, 0.3) is 10.9 Å². The number of aromatic nitrogens is 1. The van der Waals surface area contributed by atoms with Crippen LogP contribution in [0, 0.1) is 6.92 Å². The molecule has 0 radical (unpaired) electrons. The number of nitrogens with one attached hydrogen (secondary N) is 1. The fraction of sp³-hybridized carbons (Fsp3) is 0.421. The number of amides is 1. The van der Waals surface area contributed by atoms with Crippen LogP contribution in [-0.4, -0.2) is 35.9 Å². The highest BCUT2D eigenvalue weighted by molar-refractivity contribution is 9.10. The number of nitrogens with zero attached hydrogens (tertiary/aromatic N) is 2. The Bertz CT molecular complexity index is 821. The van der Waals surface area contributed by atoms with E-state index in [4.69, 9.17) is 4.74 Å². The molecule has 2 rings (SSSR count). The molecule has 26 heavy (non-hydrogen) atoms. The second-order valence-corrected chi connectivity index (χ2v) is 7.52. The summed E-state index contributed by atoms with van der Waals surface area (Å²) in [7, 11) is 1.46. The van der Waals surface area contributed by atoms with E-state index in [1.54, 1.807) is 12.4 Å². The normalized spacial score (nSPS) is 13.0. The minimum Gasteiger partial charge on any atom is -0.481 e. The van der Waals surface area contributed by atoms with E-state index in [-0.39, 0.29) is 5.91 Å². The highest BCUT2D eigenvalue weighted by Crippen LogP contribution is 2.26. The van der Waals surface area contributed by atoms with E-state index in [1.165, 1.54) is 7.11 Å². The number of carbonyl (C=O) groups is 1. The number of benzene rings is 1. The Kier molecular flexibility index (Phi) is 6.58. The van der Waals surface area contributed by atoms with Gasteiger partial charge in [-0.15, -0.1) is 0 Å². The fourth-order valence-electron chi connectivity index (χ4n) is 2.54. The maximum absolute atomic E-state index is 12.6. The first-order valence-corrected chi connectivity index (χ1v) is 9.17. The molecule has 0 fully saturated rings. The van der Waals surface area contributed by atoms with E-state index in [2.05, 4.69) is 36.2 Å². The van der Waals surface area contributed by atoms with Crippen LogP contribution >= 0.6 is 15.9 Å². The molecule has 1 unspecified atom stereocenters. The van der Waals surface area contributed by atoms with Crippen LogP contribution in [0.5, 0.6) is 5.75 Å². The summed E-state index contributed by atoms with van der Waals surface area (Å²) in [5.74, 6) is 0.436. The summed E-state index contributed by atoms with van der Waals surface area (Å²) in [6.07, 6.45) is 3.24. The molecule has 0 aliphatic rings. The van der Waals surface area contributed by atoms with Crippen molar-refractivity contribution in [3.8, 4) is 5.75 Å². The van der Waals surface area contributed by atoms with E-state index in [0.717, 1.165) is 20.9 Å². The van der Waals surface area contributed by atoms with Gasteiger partial charge in [-0.3, -0.25) is 9.78 Å². The van der Waals surface area contributed by atoms with Crippen molar-refractivity contribution in [1.29, 1.82) is 0 Å². The molecule has 1 heterocycles. The molecule has 1 atom stereocenters. The summed E-state index contributed by atoms with van der Waals surface area (Å²) in [4.78, 5) is 21.7. The summed E-state index contributed by atoms with van der Waals surface area (Å²) in [6.45, 7) is 7.56. The first-order valence-electron chi connectivity index (χ1n) is 8.38. The molecule has 6 nitrogen and oxygen atoms in total. The van der Waals surface area contributed by atoms with Gasteiger partial charge in [0.25, 0.3) is 5.91 Å². The predicted molar refractivity (Wildman–Crippen MR) is 107 cm³/mol. The topological polar surface area (TPSA) is 72.8 Å². The maximum Gasteiger partial charge on any atom is 0.261 e. The molecule has 1 aromatic heterocycles. The van der Waals surface area contributed by atoms with E-state index in [1.807, 2.05) is 45.9 Å². The van der Waals surface area contributed by atoms with Crippen LogP contribution in [0.1, 0.15) is 32.8 Å². The molecule has 2 aromatic rings. The second kappa shape index (κ2) is 8.49. The van der Waals surface area contributed by atoms with E-state index in [0.29, 0.717) is 12.2 Å². The van der Waals surface area contributed by atoms with E-state index < -0.39 is 11.6 Å². The van der Waals surface area contributed by atoms with Gasteiger partial charge in [-0.05, 0) is 66.9 Å². The van der Waals surface area contributed by atoms with Gasteiger partial charge in [-0.25, -0.2) is 0 Å². The van der Waals surface area contributed by atoms with Crippen molar-refractivity contribution < 1.29 is 14.4 Å². The van der Waals surface area contributed by atoms with Crippen molar-refractivity contribution >= 4 is 39.0 Å². The van der Waals surface area contributed by atoms with Gasteiger partial charge in [-0.2, -0.15) is 0 Å². The fourth-order valence-corrected chi connectivity index (χ4v) is 2.89. The zero-order valence-corrected chi connectivity index (χ0v) is 17.3. The van der Waals surface area contributed by atoms with E-state index >= 15 is 0 Å². The number of carbonyl (C=O) groups excluding carboxylic acids is 1. The third-order valence-corrected chi connectivity index (χ3v) is 4.22. The molecule has 0 bridgehead atoms. The summed E-state index contributed by atoms with van der Waals surface area (Å²) < 4.78 is 6.87. The molecule has 0 spiro atoms. The van der Waals surface area contributed by atoms with Crippen LogP contribution in [0.4, 0.5) is 0 Å². The summed E-state index contributed by atoms with van der Waals surface area (Å²) in [5.41, 5.74) is 1.26. The Morgan fingerprint density at radius 2 is 2.15 bits per heavy atom. The first-order chi connectivity index (χ1) is 12.3. The van der Waals surface area contributed by atoms with Gasteiger partial charge in [0, 0.05) is 16.1 Å². The van der Waals surface area contributed by atoms with Crippen LogP contribution in [0.2, 0.25) is 0 Å². The zero-order chi connectivity index (χ0) is 19.3. The lowest BCUT2D eigenvalue weighted by atomic mass is 10.1. The number of halogens is 1. The first kappa shape index (κ1) is 20.2. The lowest BCUT2D eigenvalue weighted by molar-refractivity contribution is -0.129. The van der Waals surface area contributed by atoms with Crippen molar-refractivity contribution in [2.24, 2.45) is 5.16 Å². The standard InChI is InChI=1S/C19H24BrN3O3/c1-6-16(18(24)23-19(3,4)11-22-25-5)26-15-7-12(2)17-13(9-15)8-14(20)10-21-17/h7-11,16H,6H2,1-5H3,(H,23,24)/b22-11+. The van der Waals surface area contributed by atoms with Gasteiger partial charge < -0.3 is 14.9 Å². The molecule has 1 N–H and O–H groups in total. The SMILES string of the molecule is CCC(Oc1cc(C)c2ncc(Br)cc2c1)C(=O)NC(C)(C)/C=N/OC. The smallest absolute Gasteiger partial charge is 0.261 e. The third-order valence-electron chi connectivity index (χ3n) is 3.78. The number of ether oxygens (including phenoxy) is 1. The number of oxime groups is 1. The largest absolute Gasteiger partial charge is 0.481 e. The Hall–Kier alpha value is -2.15. The van der Waals surface area contributed by atoms with Crippen LogP contribution in [0.15, 0.2) is 34.0 Å². The quantitative estimate of drug-likeness (QED) is 0.541. The highest BCUT2D eigenvalue weighted by atomic mass is 79.9. The molecular formula is C19H24BrN3O3. The predicted octanol–water partition coefficient (Wildman–Crippen LogP) is 3.99. The highest BCUT2D eigenvalue weighted by Gasteiger charge is 2.25. The minimum atomic E-state index is -0.641. The van der Waals surface area contributed by atoms with Crippen molar-refractivity contribution in [3.05, 3.63) is 34.4 Å². The van der Waals surface area contributed by atoms with Crippen LogP contribution < -0.4 is 10.1 Å². The molecule has 140 valence electrons. The number of hydrogen-bond acceptors (Lipinski definition) is 5. The molecule has 1 amide bonds. The van der Waals surface area contributed by atoms with E-state index in [9.17, 15) is 4.79 Å². The number of fused-ring (bicyclic) bond motifs is 1. The molecule has 0 aliphatic heterocycles. The van der Waals surface area contributed by atoms with Crippen molar-refractivity contribution in [3.63, 3.8) is 0 Å². The van der Waals surface area contributed by atoms with Gasteiger partial charge in [0.15, 0.2) is 6.10 Å². The molecule has 0 saturated heterocycles. The third kappa shape index (κ3) is 5.17. The van der Waals surface area contributed by atoms with Gasteiger partial charge in [0.05, 0.1) is 17.3 Å². The maximum atomic E-state index is 12.6. The van der Waals surface area contributed by atoms with Crippen LogP contribution in [-0.2, 0) is 9.63 Å². The molecule has 0 saturated carbocycles. The van der Waals surface area contributed by atoms with Crippen molar-refractivity contribution in [2.45, 2.75) is 45.8 Å². The van der Waals surface area contributed by atoms with Gasteiger partial charge in [0.2, 0.25) is 0 Å². The Balaban J connectivity index is 2.20. The van der Waals surface area contributed by atoms with Gasteiger partial charge in [-0.1, -0.05) is 12.1 Å². The van der Waals surface area contributed by atoms with Crippen molar-refractivity contribution in [2.75, 3.05) is 7.11 Å². The van der Waals surface area contributed by atoms with Gasteiger partial charge in [0.1, 0.15) is 12.9 Å². The average molecular weight is 422 g/mol. The second-order valence-electron chi connectivity index (χ2n) is 6.61. The number of rotatable bonds is 7. The lowest BCUT2D eigenvalue weighted by Gasteiger charge is -2.25. The molecule has 0 aliphatic carbocycles. The van der Waals surface area contributed by atoms with Crippen LogP contribution in [0.3, 0.4) is 0 Å². The Morgan fingerprint density at radius 3 is 2.81 bits per heavy atom. The zero-order valence-electron chi connectivity index (χ0n) is 15.7. The monoisotopic (exact) mass is 421 g/mol. The summed E-state index contributed by atoms with van der Waals surface area (Å²) >= 11 is 3.43. The lowest BCUT2D eigenvalue weighted by Crippen LogP contribution is -2.50. The molecule has 1 aromatic carbocycles. The number of hydrogen-bond donors (Lipinski definition) is 1. The number of aryl methyl sites for hydroxylation is 1. The molecular weight excluding hydrogens is 398 g/mol. The van der Waals surface area contributed by atoms with Gasteiger partial charge >= 0.3 is 0 Å². The summed E-state index contributed by atoms with van der Waals surface area (Å²) in [5, 5.41) is 7.59. The average Bonchev–Trinajstić information content (AvgIpc) is 2.57.